The zero-order chi connectivity index (χ0) is 19.5. The van der Waals surface area contributed by atoms with Crippen LogP contribution in [0.15, 0.2) is 72.8 Å². The minimum absolute atomic E-state index is 0.171. The molecule has 2 aliphatic rings. The lowest BCUT2D eigenvalue weighted by Gasteiger charge is -2.41. The highest BCUT2D eigenvalue weighted by Gasteiger charge is 2.37. The molecule has 0 spiro atoms. The number of hydrogen-bond donors (Lipinski definition) is 0. The van der Waals surface area contributed by atoms with E-state index in [0.717, 1.165) is 22.6 Å². The fourth-order valence-corrected chi connectivity index (χ4v) is 4.69. The van der Waals surface area contributed by atoms with Crippen molar-refractivity contribution in [3.63, 3.8) is 0 Å². The Labute approximate surface area is 171 Å². The van der Waals surface area contributed by atoms with Crippen molar-refractivity contribution in [2.24, 2.45) is 0 Å². The maximum atomic E-state index is 6.79. The first-order chi connectivity index (χ1) is 13.5. The third-order valence-corrected chi connectivity index (χ3v) is 6.31. The molecular weight excluding hydrogens is 366 g/mol. The molecule has 0 radical (unpaired) electrons. The van der Waals surface area contributed by atoms with Gasteiger partial charge >= 0.3 is 0 Å². The summed E-state index contributed by atoms with van der Waals surface area (Å²) in [6.07, 6.45) is 2.07. The lowest BCUT2D eigenvalue weighted by atomic mass is 9.80. The fourth-order valence-electron chi connectivity index (χ4n) is 4.50. The normalized spacial score (nSPS) is 19.1. The van der Waals surface area contributed by atoms with Gasteiger partial charge in [-0.05, 0) is 49.6 Å². The van der Waals surface area contributed by atoms with E-state index in [1.54, 1.807) is 0 Å². The van der Waals surface area contributed by atoms with Crippen molar-refractivity contribution in [1.29, 1.82) is 0 Å². The van der Waals surface area contributed by atoms with Crippen LogP contribution in [0, 0.1) is 0 Å². The number of fused-ring (bicyclic) bond motifs is 5. The maximum absolute atomic E-state index is 6.79. The molecule has 0 saturated carbocycles. The fraction of sp³-hybridized carbons (Fsp3) is 0.200. The second-order valence-electron chi connectivity index (χ2n) is 8.09. The van der Waals surface area contributed by atoms with Crippen LogP contribution in [0.5, 0.6) is 5.75 Å². The first-order valence-electron chi connectivity index (χ1n) is 9.61. The Morgan fingerprint density at radius 1 is 0.893 bits per heavy atom. The highest BCUT2D eigenvalue weighted by molar-refractivity contribution is 6.28. The van der Waals surface area contributed by atoms with E-state index in [4.69, 9.17) is 16.5 Å². The molecule has 0 aromatic heterocycles. The largest absolute Gasteiger partial charge is 0.480 e. The topological polar surface area (TPSA) is 12.5 Å². The zero-order valence-corrected chi connectivity index (χ0v) is 17.0. The monoisotopic (exact) mass is 387 g/mol. The van der Waals surface area contributed by atoms with Crippen LogP contribution in [0.3, 0.4) is 0 Å². The molecular formula is C25H22ClNO. The van der Waals surface area contributed by atoms with Gasteiger partial charge in [0.1, 0.15) is 5.75 Å². The van der Waals surface area contributed by atoms with Gasteiger partial charge in [-0.2, -0.15) is 0 Å². The molecule has 3 aromatic rings. The molecule has 3 aromatic carbocycles. The molecule has 28 heavy (non-hydrogen) atoms. The number of para-hydroxylation sites is 1. The third kappa shape index (κ3) is 2.48. The summed E-state index contributed by atoms with van der Waals surface area (Å²) < 4.78 is 8.40. The quantitative estimate of drug-likeness (QED) is 0.417. The smallest absolute Gasteiger partial charge is 0.150 e. The molecule has 0 amide bonds. The van der Waals surface area contributed by atoms with Crippen LogP contribution in [0.2, 0.25) is 0 Å². The minimum Gasteiger partial charge on any atom is -0.480 e. The zero-order valence-electron chi connectivity index (χ0n) is 16.2. The van der Waals surface area contributed by atoms with Crippen LogP contribution in [-0.2, 0) is 0 Å². The van der Waals surface area contributed by atoms with Crippen LogP contribution in [-0.4, -0.2) is 5.54 Å². The van der Waals surface area contributed by atoms with Crippen molar-refractivity contribution < 1.29 is 4.74 Å². The van der Waals surface area contributed by atoms with Crippen molar-refractivity contribution in [2.45, 2.75) is 32.4 Å². The van der Waals surface area contributed by atoms with Crippen molar-refractivity contribution in [1.82, 2.24) is 0 Å². The molecule has 2 nitrogen and oxygen atoms in total. The molecule has 1 unspecified atom stereocenters. The van der Waals surface area contributed by atoms with Crippen LogP contribution in [0.25, 0.3) is 16.7 Å². The van der Waals surface area contributed by atoms with Gasteiger partial charge in [-0.1, -0.05) is 60.7 Å². The van der Waals surface area contributed by atoms with E-state index in [2.05, 4.69) is 75.4 Å². The summed E-state index contributed by atoms with van der Waals surface area (Å²) in [5, 5.41) is 0. The van der Waals surface area contributed by atoms with E-state index in [9.17, 15) is 0 Å². The molecule has 1 atom stereocenters. The van der Waals surface area contributed by atoms with Crippen LogP contribution in [0.1, 0.15) is 43.6 Å². The maximum Gasteiger partial charge on any atom is 0.150 e. The predicted octanol–water partition coefficient (Wildman–Crippen LogP) is 6.99. The van der Waals surface area contributed by atoms with E-state index < -0.39 is 0 Å². The Kier molecular flexibility index (Phi) is 3.82. The van der Waals surface area contributed by atoms with Gasteiger partial charge in [0.2, 0.25) is 0 Å². The lowest BCUT2D eigenvalue weighted by Crippen LogP contribution is -2.38. The Hall–Kier alpha value is -2.71. The molecule has 2 aliphatic heterocycles. The number of rotatable bonds is 1. The molecule has 140 valence electrons. The van der Waals surface area contributed by atoms with Crippen LogP contribution >= 0.6 is 11.8 Å². The summed E-state index contributed by atoms with van der Waals surface area (Å²) in [6.45, 7) is 6.44. The summed E-state index contributed by atoms with van der Waals surface area (Å²) in [6, 6.07) is 23.0. The van der Waals surface area contributed by atoms with Gasteiger partial charge in [-0.15, -0.1) is 0 Å². The number of nitrogens with zero attached hydrogens (tertiary/aromatic N) is 1. The molecule has 5 rings (SSSR count). The third-order valence-electron chi connectivity index (χ3n) is 5.69. The number of benzene rings is 3. The first-order valence-corrected chi connectivity index (χ1v) is 9.95. The SMILES string of the molecule is CC1=CC(C)(C)N(Cl)c2ccc3c(c21)C(c1ccccc1)Oc1ccccc1-3. The Morgan fingerprint density at radius 2 is 1.61 bits per heavy atom. The van der Waals surface area contributed by atoms with E-state index in [-0.39, 0.29) is 11.6 Å². The highest BCUT2D eigenvalue weighted by atomic mass is 35.5. The standard InChI is InChI=1S/C25H22ClNO/c1-16-15-25(2,3)27(26)20-14-13-19-18-11-7-8-12-21(18)28-24(23(19)22(16)20)17-9-5-4-6-10-17/h4-15,24H,1-3H3. The summed E-state index contributed by atoms with van der Waals surface area (Å²) in [5.41, 5.74) is 7.88. The van der Waals surface area contributed by atoms with Gasteiger partial charge in [-0.25, -0.2) is 0 Å². The van der Waals surface area contributed by atoms with Gasteiger partial charge in [0.25, 0.3) is 0 Å². The minimum atomic E-state index is -0.247. The second-order valence-corrected chi connectivity index (χ2v) is 8.43. The van der Waals surface area contributed by atoms with E-state index in [1.165, 1.54) is 22.3 Å². The first kappa shape index (κ1) is 17.4. The summed E-state index contributed by atoms with van der Waals surface area (Å²) >= 11 is 6.79. The molecule has 0 fully saturated rings. The average Bonchev–Trinajstić information content (AvgIpc) is 2.71. The molecule has 0 saturated heterocycles. The molecule has 0 N–H and O–H groups in total. The van der Waals surface area contributed by atoms with Gasteiger partial charge in [-0.3, -0.25) is 4.42 Å². The summed E-state index contributed by atoms with van der Waals surface area (Å²) in [4.78, 5) is 0. The van der Waals surface area contributed by atoms with Crippen molar-refractivity contribution in [3.8, 4) is 16.9 Å². The van der Waals surface area contributed by atoms with Crippen molar-refractivity contribution in [2.75, 3.05) is 4.42 Å². The summed E-state index contributed by atoms with van der Waals surface area (Å²) in [5.74, 6) is 0.921. The number of allylic oxidation sites excluding steroid dienone is 1. The van der Waals surface area contributed by atoms with E-state index in [1.807, 2.05) is 22.6 Å². The van der Waals surface area contributed by atoms with Gasteiger partial charge in [0, 0.05) is 28.5 Å². The van der Waals surface area contributed by atoms with E-state index >= 15 is 0 Å². The van der Waals surface area contributed by atoms with Crippen molar-refractivity contribution >= 4 is 23.0 Å². The van der Waals surface area contributed by atoms with Crippen molar-refractivity contribution in [3.05, 3.63) is 89.5 Å². The van der Waals surface area contributed by atoms with Gasteiger partial charge < -0.3 is 4.74 Å². The molecule has 0 bridgehead atoms. The second kappa shape index (κ2) is 6.15. The number of ether oxygens (including phenoxy) is 1. The molecule has 2 heterocycles. The Balaban J connectivity index is 1.84. The summed E-state index contributed by atoms with van der Waals surface area (Å²) in [7, 11) is 0. The molecule has 0 aliphatic carbocycles. The van der Waals surface area contributed by atoms with Crippen LogP contribution < -0.4 is 9.16 Å². The molecule has 3 heteroatoms. The number of anilines is 1. The van der Waals surface area contributed by atoms with Gasteiger partial charge in [0.05, 0.1) is 11.2 Å². The van der Waals surface area contributed by atoms with Crippen LogP contribution in [0.4, 0.5) is 5.69 Å². The number of hydrogen-bond acceptors (Lipinski definition) is 2. The predicted molar refractivity (Wildman–Crippen MR) is 117 cm³/mol. The van der Waals surface area contributed by atoms with Gasteiger partial charge in [0.15, 0.2) is 6.10 Å². The lowest BCUT2D eigenvalue weighted by molar-refractivity contribution is 0.243. The number of halogens is 1. The Morgan fingerprint density at radius 3 is 2.39 bits per heavy atom. The highest BCUT2D eigenvalue weighted by Crippen LogP contribution is 2.52. The van der Waals surface area contributed by atoms with E-state index in [0.29, 0.717) is 0 Å². The average molecular weight is 388 g/mol. The Bertz CT molecular complexity index is 1100.